The third-order valence-electron chi connectivity index (χ3n) is 5.73. The van der Waals surface area contributed by atoms with Crippen molar-refractivity contribution < 1.29 is 18.5 Å². The molecule has 8 heteroatoms. The average molecular weight is 405 g/mol. The second-order valence-electron chi connectivity index (χ2n) is 7.45. The number of benzene rings is 2. The summed E-state index contributed by atoms with van der Waals surface area (Å²) in [5.74, 6) is 0.763. The van der Waals surface area contributed by atoms with Gasteiger partial charge in [0.2, 0.25) is 5.82 Å². The SMILES string of the molecule is CCC1(CC)CC(=O)c2cc(-c3nc(-c4ccc5[nH]c(=O)oc5c4)no3)ccc2O1. The van der Waals surface area contributed by atoms with Gasteiger partial charge in [-0.2, -0.15) is 4.98 Å². The maximum absolute atomic E-state index is 12.8. The number of oxazole rings is 1. The van der Waals surface area contributed by atoms with E-state index in [1.807, 2.05) is 13.8 Å². The molecule has 2 aromatic carbocycles. The van der Waals surface area contributed by atoms with Crippen LogP contribution < -0.4 is 10.5 Å². The topological polar surface area (TPSA) is 111 Å². The van der Waals surface area contributed by atoms with Gasteiger partial charge in [-0.15, -0.1) is 0 Å². The molecular weight excluding hydrogens is 386 g/mol. The van der Waals surface area contributed by atoms with Gasteiger partial charge in [-0.05, 0) is 49.2 Å². The quantitative estimate of drug-likeness (QED) is 0.537. The van der Waals surface area contributed by atoms with E-state index in [9.17, 15) is 9.59 Å². The number of Topliss-reactive ketones (excluding diaryl/α,β-unsaturated/α-hetero) is 1. The number of aromatic nitrogens is 3. The smallest absolute Gasteiger partial charge is 0.417 e. The molecule has 152 valence electrons. The van der Waals surface area contributed by atoms with E-state index in [1.54, 1.807) is 36.4 Å². The lowest BCUT2D eigenvalue weighted by atomic mass is 9.85. The number of hydrogen-bond donors (Lipinski definition) is 1. The zero-order chi connectivity index (χ0) is 20.9. The van der Waals surface area contributed by atoms with E-state index in [2.05, 4.69) is 15.1 Å². The number of H-pyrrole nitrogens is 1. The first kappa shape index (κ1) is 18.4. The van der Waals surface area contributed by atoms with Crippen LogP contribution in [0.5, 0.6) is 5.75 Å². The molecule has 0 bridgehead atoms. The van der Waals surface area contributed by atoms with Gasteiger partial charge >= 0.3 is 5.76 Å². The molecule has 0 aliphatic carbocycles. The number of fused-ring (bicyclic) bond motifs is 2. The van der Waals surface area contributed by atoms with Crippen molar-refractivity contribution in [2.45, 2.75) is 38.7 Å². The standard InChI is InChI=1S/C22H19N3O5/c1-3-22(4-2)11-16(26)14-9-13(6-8-17(14)29-22)20-24-19(25-30-20)12-5-7-15-18(10-12)28-21(27)23-15/h5-10H,3-4,11H2,1-2H3,(H,23,27). The molecule has 0 amide bonds. The van der Waals surface area contributed by atoms with Gasteiger partial charge in [-0.1, -0.05) is 19.0 Å². The minimum Gasteiger partial charge on any atom is -0.486 e. The molecule has 0 atom stereocenters. The summed E-state index contributed by atoms with van der Waals surface area (Å²) in [6, 6.07) is 10.5. The van der Waals surface area contributed by atoms with Crippen LogP contribution in [-0.2, 0) is 0 Å². The Morgan fingerprint density at radius 1 is 1.07 bits per heavy atom. The predicted octanol–water partition coefficient (Wildman–Crippen LogP) is 4.36. The van der Waals surface area contributed by atoms with Crippen molar-refractivity contribution in [1.82, 2.24) is 15.1 Å². The summed E-state index contributed by atoms with van der Waals surface area (Å²) in [7, 11) is 0. The van der Waals surface area contributed by atoms with Crippen molar-refractivity contribution in [3.05, 3.63) is 52.5 Å². The maximum Gasteiger partial charge on any atom is 0.417 e. The molecule has 1 aliphatic heterocycles. The predicted molar refractivity (Wildman–Crippen MR) is 108 cm³/mol. The highest BCUT2D eigenvalue weighted by atomic mass is 16.5. The van der Waals surface area contributed by atoms with Gasteiger partial charge in [0.05, 0.1) is 17.5 Å². The molecule has 1 N–H and O–H groups in total. The number of carbonyl (C=O) groups excluding carboxylic acids is 1. The van der Waals surface area contributed by atoms with E-state index in [0.29, 0.717) is 51.7 Å². The number of hydrogen-bond acceptors (Lipinski definition) is 7. The van der Waals surface area contributed by atoms with Crippen molar-refractivity contribution in [3.8, 4) is 28.6 Å². The van der Waals surface area contributed by atoms with Crippen LogP contribution in [0.4, 0.5) is 0 Å². The van der Waals surface area contributed by atoms with Gasteiger partial charge < -0.3 is 13.7 Å². The molecular formula is C22H19N3O5. The van der Waals surface area contributed by atoms with Crippen LogP contribution in [0.3, 0.4) is 0 Å². The Morgan fingerprint density at radius 2 is 1.87 bits per heavy atom. The maximum atomic E-state index is 12.8. The second kappa shape index (κ2) is 6.69. The first-order valence-corrected chi connectivity index (χ1v) is 9.84. The molecule has 0 radical (unpaired) electrons. The second-order valence-corrected chi connectivity index (χ2v) is 7.45. The van der Waals surface area contributed by atoms with Gasteiger partial charge in [0.1, 0.15) is 11.4 Å². The van der Waals surface area contributed by atoms with Gasteiger partial charge in [-0.3, -0.25) is 9.78 Å². The van der Waals surface area contributed by atoms with Gasteiger partial charge in [0.15, 0.2) is 11.4 Å². The van der Waals surface area contributed by atoms with Gasteiger partial charge in [0.25, 0.3) is 5.89 Å². The Hall–Kier alpha value is -3.68. The number of nitrogens with one attached hydrogen (secondary N) is 1. The Labute approximate surface area is 170 Å². The lowest BCUT2D eigenvalue weighted by molar-refractivity contribution is 0.0350. The summed E-state index contributed by atoms with van der Waals surface area (Å²) < 4.78 is 16.7. The van der Waals surface area contributed by atoms with Crippen molar-refractivity contribution in [2.75, 3.05) is 0 Å². The summed E-state index contributed by atoms with van der Waals surface area (Å²) in [5.41, 5.74) is 2.38. The van der Waals surface area contributed by atoms with Crippen LogP contribution in [0, 0.1) is 0 Å². The van der Waals surface area contributed by atoms with E-state index >= 15 is 0 Å². The highest BCUT2D eigenvalue weighted by Gasteiger charge is 2.37. The number of nitrogens with zero attached hydrogens (tertiary/aromatic N) is 2. The van der Waals surface area contributed by atoms with Crippen molar-refractivity contribution in [1.29, 1.82) is 0 Å². The Balaban J connectivity index is 1.49. The van der Waals surface area contributed by atoms with E-state index in [4.69, 9.17) is 13.7 Å². The lowest BCUT2D eigenvalue weighted by Crippen LogP contribution is -2.40. The fraction of sp³-hybridized carbons (Fsp3) is 0.273. The molecule has 30 heavy (non-hydrogen) atoms. The van der Waals surface area contributed by atoms with Gasteiger partial charge in [-0.25, -0.2) is 4.79 Å². The number of ether oxygens (including phenoxy) is 1. The van der Waals surface area contributed by atoms with Gasteiger partial charge in [0, 0.05) is 11.1 Å². The molecule has 2 aromatic heterocycles. The van der Waals surface area contributed by atoms with Crippen LogP contribution in [0.2, 0.25) is 0 Å². The number of carbonyl (C=O) groups is 1. The number of ketones is 1. The Bertz CT molecular complexity index is 1330. The zero-order valence-electron chi connectivity index (χ0n) is 16.5. The molecule has 5 rings (SSSR count). The number of rotatable bonds is 4. The van der Waals surface area contributed by atoms with Crippen LogP contribution in [0.25, 0.3) is 33.9 Å². The van der Waals surface area contributed by atoms with Crippen molar-refractivity contribution >= 4 is 16.9 Å². The molecule has 0 fully saturated rings. The summed E-state index contributed by atoms with van der Waals surface area (Å²) in [4.78, 5) is 31.1. The fourth-order valence-corrected chi connectivity index (χ4v) is 3.81. The molecule has 0 unspecified atom stereocenters. The van der Waals surface area contributed by atoms with Crippen LogP contribution in [-0.4, -0.2) is 26.5 Å². The minimum absolute atomic E-state index is 0.0504. The van der Waals surface area contributed by atoms with E-state index in [1.165, 1.54) is 0 Å². The van der Waals surface area contributed by atoms with E-state index in [-0.39, 0.29) is 5.78 Å². The zero-order valence-corrected chi connectivity index (χ0v) is 16.5. The molecule has 3 heterocycles. The average Bonchev–Trinajstić information content (AvgIpc) is 3.39. The van der Waals surface area contributed by atoms with Crippen LogP contribution in [0.15, 0.2) is 50.1 Å². The lowest BCUT2D eigenvalue weighted by Gasteiger charge is -2.36. The normalized spacial score (nSPS) is 15.2. The monoisotopic (exact) mass is 405 g/mol. The largest absolute Gasteiger partial charge is 0.486 e. The molecule has 4 aromatic rings. The summed E-state index contributed by atoms with van der Waals surface area (Å²) in [5, 5.41) is 4.02. The minimum atomic E-state index is -0.521. The Morgan fingerprint density at radius 3 is 2.67 bits per heavy atom. The van der Waals surface area contributed by atoms with Crippen molar-refractivity contribution in [2.24, 2.45) is 0 Å². The molecule has 0 saturated heterocycles. The molecule has 1 aliphatic rings. The highest BCUT2D eigenvalue weighted by Crippen LogP contribution is 2.39. The Kier molecular flexibility index (Phi) is 4.09. The highest BCUT2D eigenvalue weighted by molar-refractivity contribution is 6.01. The first-order valence-electron chi connectivity index (χ1n) is 9.84. The fourth-order valence-electron chi connectivity index (χ4n) is 3.81. The molecule has 0 spiro atoms. The molecule has 8 nitrogen and oxygen atoms in total. The van der Waals surface area contributed by atoms with E-state index < -0.39 is 11.4 Å². The van der Waals surface area contributed by atoms with Crippen LogP contribution >= 0.6 is 0 Å². The van der Waals surface area contributed by atoms with E-state index in [0.717, 1.165) is 12.8 Å². The third kappa shape index (κ3) is 2.92. The molecule has 0 saturated carbocycles. The van der Waals surface area contributed by atoms with Crippen LogP contribution in [0.1, 0.15) is 43.5 Å². The van der Waals surface area contributed by atoms with Crippen molar-refractivity contribution in [3.63, 3.8) is 0 Å². The first-order chi connectivity index (χ1) is 14.5. The third-order valence-corrected chi connectivity index (χ3v) is 5.73. The summed E-state index contributed by atoms with van der Waals surface area (Å²) >= 11 is 0. The summed E-state index contributed by atoms with van der Waals surface area (Å²) in [6.07, 6.45) is 1.90. The number of aromatic amines is 1. The summed E-state index contributed by atoms with van der Waals surface area (Å²) in [6.45, 7) is 4.07.